The van der Waals surface area contributed by atoms with Crippen molar-refractivity contribution in [2.45, 2.75) is 5.16 Å². The Hall–Kier alpha value is -2.68. The third-order valence-corrected chi connectivity index (χ3v) is 4.51. The van der Waals surface area contributed by atoms with E-state index in [1.54, 1.807) is 31.3 Å². The van der Waals surface area contributed by atoms with Crippen molar-refractivity contribution in [2.24, 2.45) is 21.1 Å². The zero-order chi connectivity index (χ0) is 16.7. The molecule has 23 heavy (non-hydrogen) atoms. The molecule has 0 saturated heterocycles. The first-order valence-corrected chi connectivity index (χ1v) is 7.77. The number of benzene rings is 1. The third kappa shape index (κ3) is 2.38. The first-order chi connectivity index (χ1) is 10.9. The Balaban J connectivity index is 2.17. The maximum atomic E-state index is 12.4. The van der Waals surface area contributed by atoms with Crippen LogP contribution in [0.1, 0.15) is 0 Å². The molecule has 2 aromatic heterocycles. The highest BCUT2D eigenvalue weighted by atomic mass is 32.2. The van der Waals surface area contributed by atoms with Crippen molar-refractivity contribution in [3.8, 4) is 5.75 Å². The van der Waals surface area contributed by atoms with E-state index < -0.39 is 22.3 Å². The summed E-state index contributed by atoms with van der Waals surface area (Å²) in [6.07, 6.45) is 0. The molecular formula is C14H14N4O4S. The van der Waals surface area contributed by atoms with Gasteiger partial charge >= 0.3 is 5.69 Å². The van der Waals surface area contributed by atoms with Crippen LogP contribution in [0.15, 0.2) is 45.1 Å². The van der Waals surface area contributed by atoms with Crippen molar-refractivity contribution in [1.82, 2.24) is 18.7 Å². The van der Waals surface area contributed by atoms with Gasteiger partial charge in [0, 0.05) is 21.1 Å². The van der Waals surface area contributed by atoms with Crippen LogP contribution in [0.4, 0.5) is 0 Å². The zero-order valence-electron chi connectivity index (χ0n) is 12.7. The van der Waals surface area contributed by atoms with Gasteiger partial charge in [-0.3, -0.25) is 13.9 Å². The van der Waals surface area contributed by atoms with Crippen molar-refractivity contribution < 1.29 is 8.39 Å². The summed E-state index contributed by atoms with van der Waals surface area (Å²) >= 11 is -1.92. The van der Waals surface area contributed by atoms with Crippen LogP contribution >= 0.6 is 0 Å². The van der Waals surface area contributed by atoms with Crippen LogP contribution in [-0.2, 0) is 32.2 Å². The molecule has 0 fully saturated rings. The summed E-state index contributed by atoms with van der Waals surface area (Å²) in [6, 6.07) is 8.64. The molecule has 120 valence electrons. The molecule has 0 N–H and O–H groups in total. The van der Waals surface area contributed by atoms with Crippen molar-refractivity contribution >= 4 is 22.2 Å². The average Bonchev–Trinajstić information content (AvgIpc) is 2.89. The molecule has 9 heteroatoms. The van der Waals surface area contributed by atoms with E-state index in [2.05, 4.69) is 4.98 Å². The molecule has 0 aliphatic heterocycles. The number of aromatic nitrogens is 4. The molecule has 2 heterocycles. The van der Waals surface area contributed by atoms with Gasteiger partial charge in [-0.1, -0.05) is 18.2 Å². The van der Waals surface area contributed by atoms with Crippen molar-refractivity contribution in [3.63, 3.8) is 0 Å². The fourth-order valence-corrected chi connectivity index (χ4v) is 3.08. The Morgan fingerprint density at radius 3 is 2.30 bits per heavy atom. The van der Waals surface area contributed by atoms with E-state index in [0.717, 1.165) is 4.57 Å². The number of hydrogen-bond acceptors (Lipinski definition) is 5. The minimum absolute atomic E-state index is 0.0575. The van der Waals surface area contributed by atoms with Crippen LogP contribution in [0.25, 0.3) is 11.2 Å². The van der Waals surface area contributed by atoms with Crippen molar-refractivity contribution in [2.75, 3.05) is 0 Å². The Morgan fingerprint density at radius 1 is 1.00 bits per heavy atom. The lowest BCUT2D eigenvalue weighted by Gasteiger charge is -2.04. The molecule has 0 aliphatic rings. The maximum absolute atomic E-state index is 12.4. The number of nitrogens with zero attached hydrogens (tertiary/aromatic N) is 4. The molecule has 3 rings (SSSR count). The first-order valence-electron chi connectivity index (χ1n) is 6.69. The molecule has 0 saturated carbocycles. The molecule has 3 aromatic rings. The number of imidazole rings is 1. The van der Waals surface area contributed by atoms with Crippen LogP contribution in [0.5, 0.6) is 5.75 Å². The van der Waals surface area contributed by atoms with Gasteiger partial charge in [0.25, 0.3) is 16.6 Å². The molecule has 0 aliphatic carbocycles. The Kier molecular flexibility index (Phi) is 3.64. The quantitative estimate of drug-likeness (QED) is 0.676. The summed E-state index contributed by atoms with van der Waals surface area (Å²) in [6.45, 7) is 0. The molecule has 0 spiro atoms. The highest BCUT2D eigenvalue weighted by molar-refractivity contribution is 7.80. The molecule has 0 bridgehead atoms. The Labute approximate surface area is 133 Å². The number of fused-ring (bicyclic) bond motifs is 1. The highest BCUT2D eigenvalue weighted by Gasteiger charge is 2.21. The summed E-state index contributed by atoms with van der Waals surface area (Å²) in [5.41, 5.74) is -0.641. The lowest BCUT2D eigenvalue weighted by molar-refractivity contribution is 0.548. The van der Waals surface area contributed by atoms with E-state index in [0.29, 0.717) is 5.75 Å². The van der Waals surface area contributed by atoms with Gasteiger partial charge < -0.3 is 8.75 Å². The smallest absolute Gasteiger partial charge is 0.332 e. The zero-order valence-corrected chi connectivity index (χ0v) is 13.5. The molecule has 0 radical (unpaired) electrons. The topological polar surface area (TPSA) is 88.1 Å². The highest BCUT2D eigenvalue weighted by Crippen LogP contribution is 2.16. The second-order valence-corrected chi connectivity index (χ2v) is 5.96. The lowest BCUT2D eigenvalue weighted by Crippen LogP contribution is -2.37. The predicted molar refractivity (Wildman–Crippen MR) is 84.7 cm³/mol. The van der Waals surface area contributed by atoms with E-state index in [1.165, 1.54) is 23.2 Å². The van der Waals surface area contributed by atoms with Crippen LogP contribution in [0, 0.1) is 0 Å². The van der Waals surface area contributed by atoms with Gasteiger partial charge in [0.15, 0.2) is 11.2 Å². The molecular weight excluding hydrogens is 320 g/mol. The summed E-state index contributed by atoms with van der Waals surface area (Å²) in [4.78, 5) is 28.4. The van der Waals surface area contributed by atoms with Crippen LogP contribution < -0.4 is 15.4 Å². The van der Waals surface area contributed by atoms with E-state index >= 15 is 0 Å². The predicted octanol–water partition coefficient (Wildman–Crippen LogP) is 0.0723. The largest absolute Gasteiger partial charge is 0.395 e. The second-order valence-electron chi connectivity index (χ2n) is 4.96. The van der Waals surface area contributed by atoms with E-state index in [9.17, 15) is 13.8 Å². The van der Waals surface area contributed by atoms with Gasteiger partial charge in [0.05, 0.1) is 0 Å². The molecule has 1 aromatic carbocycles. The standard InChI is InChI=1S/C14H14N4O4S/c1-16-10-11(17(2)14(20)18(3)12(10)19)15-13(16)23(21)22-9-7-5-4-6-8-9/h4-8H,1-3H3. The molecule has 8 nitrogen and oxygen atoms in total. The fourth-order valence-electron chi connectivity index (χ4n) is 2.25. The normalized spacial score (nSPS) is 12.5. The van der Waals surface area contributed by atoms with Crippen LogP contribution in [0.3, 0.4) is 0 Å². The second kappa shape index (κ2) is 5.51. The maximum Gasteiger partial charge on any atom is 0.332 e. The van der Waals surface area contributed by atoms with Gasteiger partial charge in [-0.15, -0.1) is 0 Å². The number of para-hydroxylation sites is 1. The Bertz CT molecular complexity index is 1030. The number of rotatable bonds is 3. The SMILES string of the molecule is Cn1c(=O)c2c(nc(S(=O)Oc3ccccc3)n2C)n(C)c1=O. The number of aryl methyl sites for hydroxylation is 2. The summed E-state index contributed by atoms with van der Waals surface area (Å²) in [7, 11) is 4.44. The van der Waals surface area contributed by atoms with Gasteiger partial charge in [0.1, 0.15) is 5.75 Å². The van der Waals surface area contributed by atoms with Crippen molar-refractivity contribution in [1.29, 1.82) is 0 Å². The average molecular weight is 334 g/mol. The van der Waals surface area contributed by atoms with Gasteiger partial charge in [-0.2, -0.15) is 4.98 Å². The monoisotopic (exact) mass is 334 g/mol. The van der Waals surface area contributed by atoms with Crippen LogP contribution in [-0.4, -0.2) is 22.9 Å². The molecule has 0 amide bonds. The summed E-state index contributed by atoms with van der Waals surface area (Å²) in [5, 5.41) is 0.0575. The van der Waals surface area contributed by atoms with Crippen molar-refractivity contribution in [3.05, 3.63) is 51.2 Å². The van der Waals surface area contributed by atoms with Crippen LogP contribution in [0.2, 0.25) is 0 Å². The van der Waals surface area contributed by atoms with E-state index in [-0.39, 0.29) is 16.3 Å². The summed E-state index contributed by atoms with van der Waals surface area (Å²) < 4.78 is 21.4. The fraction of sp³-hybridized carbons (Fsp3) is 0.214. The van der Waals surface area contributed by atoms with E-state index in [4.69, 9.17) is 4.18 Å². The van der Waals surface area contributed by atoms with E-state index in [1.807, 2.05) is 6.07 Å². The lowest BCUT2D eigenvalue weighted by atomic mass is 10.3. The van der Waals surface area contributed by atoms with Gasteiger partial charge in [0.2, 0.25) is 5.16 Å². The molecule has 1 unspecified atom stereocenters. The minimum Gasteiger partial charge on any atom is -0.395 e. The van der Waals surface area contributed by atoms with Gasteiger partial charge in [-0.25, -0.2) is 9.00 Å². The summed E-state index contributed by atoms with van der Waals surface area (Å²) in [5.74, 6) is 0.416. The minimum atomic E-state index is -1.92. The third-order valence-electron chi connectivity index (χ3n) is 3.50. The first kappa shape index (κ1) is 15.2. The molecule has 1 atom stereocenters. The van der Waals surface area contributed by atoms with Gasteiger partial charge in [-0.05, 0) is 12.1 Å². The Morgan fingerprint density at radius 2 is 1.65 bits per heavy atom. The number of hydrogen-bond donors (Lipinski definition) is 0.